The van der Waals surface area contributed by atoms with Crippen molar-refractivity contribution in [2.75, 3.05) is 7.11 Å². The summed E-state index contributed by atoms with van der Waals surface area (Å²) in [6, 6.07) is 21.6. The number of fused-ring (bicyclic) bond motifs is 4. The molecule has 0 amide bonds. The minimum Gasteiger partial charge on any atom is -0.493 e. The van der Waals surface area contributed by atoms with E-state index < -0.39 is 5.72 Å². The molecule has 6 rings (SSSR count). The van der Waals surface area contributed by atoms with Gasteiger partial charge in [0.1, 0.15) is 0 Å². The van der Waals surface area contributed by atoms with Crippen molar-refractivity contribution in [1.82, 2.24) is 5.01 Å². The van der Waals surface area contributed by atoms with Gasteiger partial charge in [-0.15, -0.1) is 11.3 Å². The van der Waals surface area contributed by atoms with Crippen molar-refractivity contribution < 1.29 is 9.47 Å². The van der Waals surface area contributed by atoms with Crippen molar-refractivity contribution in [3.63, 3.8) is 0 Å². The van der Waals surface area contributed by atoms with Gasteiger partial charge < -0.3 is 9.47 Å². The number of rotatable bonds is 3. The van der Waals surface area contributed by atoms with Crippen LogP contribution < -0.4 is 9.47 Å². The van der Waals surface area contributed by atoms with Crippen molar-refractivity contribution in [1.29, 1.82) is 0 Å². The van der Waals surface area contributed by atoms with E-state index in [9.17, 15) is 0 Å². The predicted octanol–water partition coefficient (Wildman–Crippen LogP) is 6.35. The van der Waals surface area contributed by atoms with Crippen LogP contribution in [0.25, 0.3) is 0 Å². The van der Waals surface area contributed by atoms with E-state index in [2.05, 4.69) is 65.0 Å². The van der Waals surface area contributed by atoms with Gasteiger partial charge >= 0.3 is 0 Å². The van der Waals surface area contributed by atoms with Gasteiger partial charge in [-0.05, 0) is 41.8 Å². The molecule has 3 heterocycles. The van der Waals surface area contributed by atoms with E-state index in [0.29, 0.717) is 5.92 Å². The number of para-hydroxylation sites is 1. The summed E-state index contributed by atoms with van der Waals surface area (Å²) < 4.78 is 12.5. The standard InChI is InChI=1S/C26H26N2O2S/c1-29-23-10-5-9-20-22-17-21(24-11-6-16-31-24)27-28(22)26(30-25(20)23)14-12-19(13-15-26)18-7-3-2-4-8-18/h2-11,16,19,22H,12-15,17H2,1H3/t19?,22-,26?/m1/s1. The molecule has 3 aromatic rings. The molecule has 158 valence electrons. The van der Waals surface area contributed by atoms with Gasteiger partial charge in [0.25, 0.3) is 0 Å². The molecule has 0 saturated heterocycles. The lowest BCUT2D eigenvalue weighted by Crippen LogP contribution is -2.55. The number of thiophene rings is 1. The predicted molar refractivity (Wildman–Crippen MR) is 124 cm³/mol. The zero-order valence-electron chi connectivity index (χ0n) is 17.7. The third-order valence-corrected chi connectivity index (χ3v) is 7.97. The first kappa shape index (κ1) is 18.9. The molecule has 31 heavy (non-hydrogen) atoms. The van der Waals surface area contributed by atoms with Crippen molar-refractivity contribution in [3.05, 3.63) is 82.0 Å². The van der Waals surface area contributed by atoms with E-state index in [1.54, 1.807) is 18.4 Å². The van der Waals surface area contributed by atoms with Crippen LogP contribution in [0.5, 0.6) is 11.5 Å². The van der Waals surface area contributed by atoms with Crippen LogP contribution in [0.4, 0.5) is 0 Å². The Morgan fingerprint density at radius 2 is 1.87 bits per heavy atom. The fourth-order valence-electron chi connectivity index (χ4n) is 5.48. The first-order chi connectivity index (χ1) is 15.3. The van der Waals surface area contributed by atoms with Crippen LogP contribution in [0.15, 0.2) is 71.1 Å². The molecule has 2 aromatic carbocycles. The SMILES string of the molecule is COc1cccc2c1OC1(CCC(c3ccccc3)CC1)N1N=C(c3cccs3)C[C@H]21. The summed E-state index contributed by atoms with van der Waals surface area (Å²) in [7, 11) is 1.73. The van der Waals surface area contributed by atoms with Gasteiger partial charge in [0.05, 0.1) is 23.7 Å². The van der Waals surface area contributed by atoms with Gasteiger partial charge in [0.15, 0.2) is 17.2 Å². The molecule has 5 heteroatoms. The molecular formula is C26H26N2O2S. The minimum absolute atomic E-state index is 0.198. The summed E-state index contributed by atoms with van der Waals surface area (Å²) in [5.41, 5.74) is 3.39. The summed E-state index contributed by atoms with van der Waals surface area (Å²) in [5, 5.41) is 9.60. The number of methoxy groups -OCH3 is 1. The zero-order chi connectivity index (χ0) is 20.8. The average molecular weight is 431 g/mol. The van der Waals surface area contributed by atoms with E-state index in [0.717, 1.165) is 43.6 Å². The van der Waals surface area contributed by atoms with Crippen LogP contribution in [-0.2, 0) is 0 Å². The molecule has 2 aliphatic heterocycles. The van der Waals surface area contributed by atoms with Gasteiger partial charge in [0, 0.05) is 24.8 Å². The Bertz CT molecular complexity index is 1100. The maximum Gasteiger partial charge on any atom is 0.198 e. The van der Waals surface area contributed by atoms with Crippen molar-refractivity contribution in [2.45, 2.75) is 49.8 Å². The van der Waals surface area contributed by atoms with Gasteiger partial charge in [-0.25, -0.2) is 5.01 Å². The number of hydrogen-bond acceptors (Lipinski definition) is 5. The van der Waals surface area contributed by atoms with Crippen LogP contribution in [0.1, 0.15) is 60.1 Å². The van der Waals surface area contributed by atoms with Crippen LogP contribution in [0.2, 0.25) is 0 Å². The zero-order valence-corrected chi connectivity index (χ0v) is 18.5. The Labute approximate surface area is 187 Å². The van der Waals surface area contributed by atoms with Crippen LogP contribution in [0, 0.1) is 0 Å². The smallest absolute Gasteiger partial charge is 0.198 e. The summed E-state index contributed by atoms with van der Waals surface area (Å²) >= 11 is 1.76. The highest BCUT2D eigenvalue weighted by Gasteiger charge is 2.52. The number of nitrogens with zero attached hydrogens (tertiary/aromatic N) is 2. The van der Waals surface area contributed by atoms with Crippen LogP contribution in [0.3, 0.4) is 0 Å². The highest BCUT2D eigenvalue weighted by Crippen LogP contribution is 2.55. The Kier molecular flexibility index (Phi) is 4.53. The monoisotopic (exact) mass is 430 g/mol. The van der Waals surface area contributed by atoms with Gasteiger partial charge in [-0.2, -0.15) is 5.10 Å². The van der Waals surface area contributed by atoms with E-state index >= 15 is 0 Å². The van der Waals surface area contributed by atoms with Gasteiger partial charge in [0.2, 0.25) is 0 Å². The minimum atomic E-state index is -0.406. The average Bonchev–Trinajstić information content (AvgIpc) is 3.51. The molecule has 1 fully saturated rings. The molecule has 1 aliphatic carbocycles. The second-order valence-corrected chi connectivity index (χ2v) is 9.65. The van der Waals surface area contributed by atoms with Crippen LogP contribution >= 0.6 is 11.3 Å². The highest BCUT2D eigenvalue weighted by atomic mass is 32.1. The maximum atomic E-state index is 6.84. The number of hydrazone groups is 1. The van der Waals surface area contributed by atoms with Crippen molar-refractivity contribution >= 4 is 17.0 Å². The fourth-order valence-corrected chi connectivity index (χ4v) is 6.20. The molecule has 1 spiro atoms. The first-order valence-corrected chi connectivity index (χ1v) is 12.0. The Morgan fingerprint density at radius 1 is 1.03 bits per heavy atom. The Morgan fingerprint density at radius 3 is 2.61 bits per heavy atom. The molecule has 0 bridgehead atoms. The van der Waals surface area contributed by atoms with E-state index in [1.807, 2.05) is 6.07 Å². The maximum absolute atomic E-state index is 6.84. The Hall–Kier alpha value is -2.79. The van der Waals surface area contributed by atoms with Gasteiger partial charge in [-0.3, -0.25) is 0 Å². The lowest BCUT2D eigenvalue weighted by Gasteiger charge is -2.50. The largest absolute Gasteiger partial charge is 0.493 e. The molecule has 1 atom stereocenters. The molecule has 1 aromatic heterocycles. The quantitative estimate of drug-likeness (QED) is 0.485. The third-order valence-electron chi connectivity index (χ3n) is 7.05. The molecule has 0 unspecified atom stereocenters. The molecule has 4 nitrogen and oxygen atoms in total. The molecular weight excluding hydrogens is 404 g/mol. The Balaban J connectivity index is 1.38. The van der Waals surface area contributed by atoms with E-state index in [4.69, 9.17) is 14.6 Å². The van der Waals surface area contributed by atoms with Gasteiger partial charge in [-0.1, -0.05) is 48.5 Å². The molecule has 0 N–H and O–H groups in total. The lowest BCUT2D eigenvalue weighted by molar-refractivity contribution is -0.143. The number of ether oxygens (including phenoxy) is 2. The molecule has 0 radical (unpaired) electrons. The molecule has 3 aliphatic rings. The number of hydrogen-bond donors (Lipinski definition) is 0. The second-order valence-electron chi connectivity index (χ2n) is 8.70. The number of benzene rings is 2. The summed E-state index contributed by atoms with van der Waals surface area (Å²) in [5.74, 6) is 2.31. The summed E-state index contributed by atoms with van der Waals surface area (Å²) in [6.07, 6.45) is 5.03. The fraction of sp³-hybridized carbons (Fsp3) is 0.346. The lowest BCUT2D eigenvalue weighted by atomic mass is 9.78. The first-order valence-electron chi connectivity index (χ1n) is 11.1. The van der Waals surface area contributed by atoms with E-state index in [-0.39, 0.29) is 6.04 Å². The van der Waals surface area contributed by atoms with Crippen LogP contribution in [-0.4, -0.2) is 23.6 Å². The third kappa shape index (κ3) is 3.06. The van der Waals surface area contributed by atoms with Crippen molar-refractivity contribution in [2.24, 2.45) is 5.10 Å². The van der Waals surface area contributed by atoms with Crippen molar-refractivity contribution in [3.8, 4) is 11.5 Å². The molecule has 1 saturated carbocycles. The second kappa shape index (κ2) is 7.41. The van der Waals surface area contributed by atoms with E-state index in [1.165, 1.54) is 21.7 Å². The highest BCUT2D eigenvalue weighted by molar-refractivity contribution is 7.12. The topological polar surface area (TPSA) is 34.1 Å². The normalized spacial score (nSPS) is 26.7. The summed E-state index contributed by atoms with van der Waals surface area (Å²) in [6.45, 7) is 0. The summed E-state index contributed by atoms with van der Waals surface area (Å²) in [4.78, 5) is 1.26.